The molecular formula is C22H22N8O. The molecule has 0 aromatic carbocycles. The smallest absolute Gasteiger partial charge is 0.299 e. The summed E-state index contributed by atoms with van der Waals surface area (Å²) in [4.78, 5) is 23.0. The molecule has 0 spiro atoms. The monoisotopic (exact) mass is 414 g/mol. The molecule has 2 unspecified atom stereocenters. The van der Waals surface area contributed by atoms with Crippen LogP contribution in [0.1, 0.15) is 12.5 Å². The molecule has 5 aromatic rings. The molecule has 3 N–H and O–H groups in total. The topological polar surface area (TPSA) is 115 Å². The van der Waals surface area contributed by atoms with Gasteiger partial charge in [0.05, 0.1) is 5.69 Å². The van der Waals surface area contributed by atoms with Gasteiger partial charge in [0, 0.05) is 67.3 Å². The van der Waals surface area contributed by atoms with Gasteiger partial charge < -0.3 is 24.6 Å². The number of oxazole rings is 1. The number of nitrogens with two attached hydrogens (primary N) is 1. The fourth-order valence-electron chi connectivity index (χ4n) is 4.59. The van der Waals surface area contributed by atoms with Crippen LogP contribution in [0.5, 0.6) is 0 Å². The number of H-pyrrole nitrogens is 1. The van der Waals surface area contributed by atoms with E-state index in [1.54, 1.807) is 12.5 Å². The molecule has 0 aliphatic carbocycles. The Hall–Kier alpha value is -3.72. The number of anilines is 1. The molecule has 0 amide bonds. The Labute approximate surface area is 177 Å². The van der Waals surface area contributed by atoms with Gasteiger partial charge in [-0.3, -0.25) is 0 Å². The maximum atomic E-state index is 6.23. The third-order valence-corrected chi connectivity index (χ3v) is 6.16. The van der Waals surface area contributed by atoms with Crippen molar-refractivity contribution in [3.05, 3.63) is 55.4 Å². The van der Waals surface area contributed by atoms with Crippen molar-refractivity contribution >= 4 is 28.3 Å². The minimum atomic E-state index is 0.185. The van der Waals surface area contributed by atoms with Gasteiger partial charge in [0.1, 0.15) is 17.5 Å². The van der Waals surface area contributed by atoms with Crippen molar-refractivity contribution in [2.45, 2.75) is 12.5 Å². The second-order valence-electron chi connectivity index (χ2n) is 7.93. The lowest BCUT2D eigenvalue weighted by atomic mass is 9.99. The fourth-order valence-corrected chi connectivity index (χ4v) is 4.59. The van der Waals surface area contributed by atoms with Crippen molar-refractivity contribution in [1.29, 1.82) is 0 Å². The summed E-state index contributed by atoms with van der Waals surface area (Å²) in [6.07, 6.45) is 10.5. The summed E-state index contributed by atoms with van der Waals surface area (Å²) in [7, 11) is 0. The number of rotatable bonds is 5. The Morgan fingerprint density at radius 3 is 3.10 bits per heavy atom. The Morgan fingerprint density at radius 2 is 2.19 bits per heavy atom. The van der Waals surface area contributed by atoms with Gasteiger partial charge >= 0.3 is 0 Å². The summed E-state index contributed by atoms with van der Waals surface area (Å²) < 4.78 is 8.08. The summed E-state index contributed by atoms with van der Waals surface area (Å²) in [5.41, 5.74) is 10.4. The average molecular weight is 414 g/mol. The summed E-state index contributed by atoms with van der Waals surface area (Å²) in [6.45, 7) is 2.29. The SMILES string of the molecule is NCC(C1CCN(c2nc3cccnc3o2)C1)n1ccc(-c2ncnc3[nH]ccc23)c1. The van der Waals surface area contributed by atoms with Crippen LogP contribution in [0, 0.1) is 5.92 Å². The first-order valence-corrected chi connectivity index (χ1v) is 10.4. The normalized spacial score (nSPS) is 17.7. The van der Waals surface area contributed by atoms with E-state index >= 15 is 0 Å². The molecule has 31 heavy (non-hydrogen) atoms. The third kappa shape index (κ3) is 3.05. The highest BCUT2D eigenvalue weighted by atomic mass is 16.4. The molecule has 0 saturated carbocycles. The predicted molar refractivity (Wildman–Crippen MR) is 118 cm³/mol. The summed E-state index contributed by atoms with van der Waals surface area (Å²) in [6, 6.07) is 8.71. The van der Waals surface area contributed by atoms with Gasteiger partial charge in [-0.05, 0) is 30.7 Å². The first-order valence-electron chi connectivity index (χ1n) is 10.4. The first kappa shape index (κ1) is 18.1. The van der Waals surface area contributed by atoms with Gasteiger partial charge in [0.2, 0.25) is 5.71 Å². The highest BCUT2D eigenvalue weighted by molar-refractivity contribution is 5.90. The second kappa shape index (κ2) is 7.21. The van der Waals surface area contributed by atoms with Gasteiger partial charge in [-0.1, -0.05) is 0 Å². The van der Waals surface area contributed by atoms with E-state index in [1.807, 2.05) is 24.4 Å². The molecule has 1 saturated heterocycles. The largest absolute Gasteiger partial charge is 0.404 e. The van der Waals surface area contributed by atoms with Crippen LogP contribution in [0.4, 0.5) is 6.01 Å². The molecule has 9 heteroatoms. The van der Waals surface area contributed by atoms with E-state index in [4.69, 9.17) is 10.2 Å². The molecule has 9 nitrogen and oxygen atoms in total. The number of hydrogen-bond donors (Lipinski definition) is 2. The third-order valence-electron chi connectivity index (χ3n) is 6.16. The zero-order valence-electron chi connectivity index (χ0n) is 16.8. The molecule has 6 rings (SSSR count). The molecule has 156 valence electrons. The summed E-state index contributed by atoms with van der Waals surface area (Å²) in [5.74, 6) is 0.394. The van der Waals surface area contributed by atoms with Crippen molar-refractivity contribution in [2.75, 3.05) is 24.5 Å². The highest BCUT2D eigenvalue weighted by Gasteiger charge is 2.32. The number of hydrogen-bond acceptors (Lipinski definition) is 7. The second-order valence-corrected chi connectivity index (χ2v) is 7.93. The van der Waals surface area contributed by atoms with Crippen molar-refractivity contribution in [3.63, 3.8) is 0 Å². The average Bonchev–Trinajstić information content (AvgIpc) is 3.59. The van der Waals surface area contributed by atoms with Crippen LogP contribution in [0.2, 0.25) is 0 Å². The molecule has 2 atom stereocenters. The van der Waals surface area contributed by atoms with E-state index in [1.165, 1.54) is 0 Å². The van der Waals surface area contributed by atoms with Gasteiger partial charge in [-0.2, -0.15) is 4.98 Å². The lowest BCUT2D eigenvalue weighted by Gasteiger charge is -2.24. The quantitative estimate of drug-likeness (QED) is 0.454. The van der Waals surface area contributed by atoms with Crippen LogP contribution >= 0.6 is 0 Å². The molecule has 6 heterocycles. The lowest BCUT2D eigenvalue weighted by molar-refractivity contribution is 0.361. The molecule has 1 fully saturated rings. The molecule has 1 aliphatic heterocycles. The summed E-state index contributed by atoms with van der Waals surface area (Å²) >= 11 is 0. The Kier molecular flexibility index (Phi) is 4.20. The lowest BCUT2D eigenvalue weighted by Crippen LogP contribution is -2.29. The maximum Gasteiger partial charge on any atom is 0.299 e. The van der Waals surface area contributed by atoms with E-state index in [9.17, 15) is 0 Å². The Bertz CT molecular complexity index is 1320. The van der Waals surface area contributed by atoms with Gasteiger partial charge in [-0.15, -0.1) is 0 Å². The van der Waals surface area contributed by atoms with Crippen molar-refractivity contribution < 1.29 is 4.42 Å². The molecule has 0 radical (unpaired) electrons. The van der Waals surface area contributed by atoms with Crippen LogP contribution in [-0.4, -0.2) is 49.1 Å². The minimum absolute atomic E-state index is 0.185. The number of nitrogens with zero attached hydrogens (tertiary/aromatic N) is 6. The molecule has 5 aromatic heterocycles. The zero-order valence-corrected chi connectivity index (χ0v) is 16.8. The van der Waals surface area contributed by atoms with Crippen LogP contribution in [0.25, 0.3) is 33.5 Å². The Balaban J connectivity index is 1.25. The van der Waals surface area contributed by atoms with E-state index in [2.05, 4.69) is 52.8 Å². The van der Waals surface area contributed by atoms with Gasteiger partial charge in [0.25, 0.3) is 6.01 Å². The van der Waals surface area contributed by atoms with Gasteiger partial charge in [0.15, 0.2) is 0 Å². The van der Waals surface area contributed by atoms with Gasteiger partial charge in [-0.25, -0.2) is 15.0 Å². The standard InChI is InChI=1S/C22H22N8O/c23-10-18(14-4-9-30(11-14)22-28-17-2-1-6-25-21(17)31-22)29-8-5-15(12-29)19-16-3-7-24-20(16)27-13-26-19/h1-3,5-8,12-14,18H,4,9-11,23H2,(H,24,26,27). The fraction of sp³-hybridized carbons (Fsp3) is 0.273. The molecule has 1 aliphatic rings. The van der Waals surface area contributed by atoms with E-state index < -0.39 is 0 Å². The number of aromatic amines is 1. The van der Waals surface area contributed by atoms with Crippen LogP contribution in [-0.2, 0) is 0 Å². The molecular weight excluding hydrogens is 392 g/mol. The number of nitrogens with one attached hydrogen (secondary N) is 1. The highest BCUT2D eigenvalue weighted by Crippen LogP contribution is 2.33. The van der Waals surface area contributed by atoms with Crippen molar-refractivity contribution in [3.8, 4) is 11.3 Å². The van der Waals surface area contributed by atoms with Crippen molar-refractivity contribution in [1.82, 2.24) is 29.5 Å². The predicted octanol–water partition coefficient (Wildman–Crippen LogP) is 2.99. The van der Waals surface area contributed by atoms with E-state index in [0.717, 1.165) is 47.3 Å². The van der Waals surface area contributed by atoms with Crippen LogP contribution in [0.3, 0.4) is 0 Å². The maximum absolute atomic E-state index is 6.23. The van der Waals surface area contributed by atoms with Crippen molar-refractivity contribution in [2.24, 2.45) is 11.7 Å². The number of fused-ring (bicyclic) bond motifs is 2. The minimum Gasteiger partial charge on any atom is -0.404 e. The zero-order chi connectivity index (χ0) is 20.8. The molecule has 0 bridgehead atoms. The van der Waals surface area contributed by atoms with E-state index in [-0.39, 0.29) is 6.04 Å². The van der Waals surface area contributed by atoms with Crippen LogP contribution in [0.15, 0.2) is 59.8 Å². The Morgan fingerprint density at radius 1 is 1.23 bits per heavy atom. The van der Waals surface area contributed by atoms with E-state index in [0.29, 0.717) is 24.2 Å². The first-order chi connectivity index (χ1) is 15.3. The number of aromatic nitrogens is 6. The number of pyridine rings is 1. The summed E-state index contributed by atoms with van der Waals surface area (Å²) in [5, 5.41) is 1.01. The van der Waals surface area contributed by atoms with Crippen LogP contribution < -0.4 is 10.6 Å².